The van der Waals surface area contributed by atoms with Crippen LogP contribution in [0.3, 0.4) is 0 Å². The number of aliphatic imine (C=N–C) groups is 2. The molecule has 1 spiro atoms. The molecular weight excluding hydrogens is 379 g/mol. The first kappa shape index (κ1) is 12.9. The van der Waals surface area contributed by atoms with Crippen molar-refractivity contribution in [3.63, 3.8) is 0 Å². The molecule has 0 aromatic rings. The average molecular weight is 389 g/mol. The van der Waals surface area contributed by atoms with Gasteiger partial charge in [-0.2, -0.15) is 0 Å². The third kappa shape index (κ3) is 2.02. The molecule has 0 radical (unpaired) electrons. The number of Topliss-reactive ketones (excluding diaryl/α,β-unsaturated/α-hetero) is 1. The number of hydrogen-bond acceptors (Lipinski definition) is 5. The summed E-state index contributed by atoms with van der Waals surface area (Å²) in [6, 6.07) is 0. The van der Waals surface area contributed by atoms with Gasteiger partial charge >= 0.3 is 0 Å². The maximum atomic E-state index is 11.8. The molecule has 1 fully saturated rings. The molecule has 0 saturated heterocycles. The van der Waals surface area contributed by atoms with E-state index in [4.69, 9.17) is 17.3 Å². The summed E-state index contributed by atoms with van der Waals surface area (Å²) in [5.41, 5.74) is 6.44. The van der Waals surface area contributed by atoms with Gasteiger partial charge in [0.25, 0.3) is 0 Å². The molecule has 1 aliphatic carbocycles. The van der Waals surface area contributed by atoms with E-state index in [0.717, 1.165) is 14.7 Å². The number of rotatable bonds is 0. The summed E-state index contributed by atoms with van der Waals surface area (Å²) in [6.45, 7) is 0. The third-order valence-electron chi connectivity index (χ3n) is 3.24. The summed E-state index contributed by atoms with van der Waals surface area (Å²) < 4.78 is 0.814. The molecule has 0 aromatic heterocycles. The van der Waals surface area contributed by atoms with Crippen LogP contribution < -0.4 is 11.1 Å². The molecular formula is C12H10ClIN4O. The van der Waals surface area contributed by atoms with Crippen molar-refractivity contribution in [1.29, 1.82) is 0 Å². The van der Waals surface area contributed by atoms with Crippen molar-refractivity contribution in [2.45, 2.75) is 18.5 Å². The van der Waals surface area contributed by atoms with E-state index < -0.39 is 5.66 Å². The monoisotopic (exact) mass is 388 g/mol. The summed E-state index contributed by atoms with van der Waals surface area (Å²) >= 11 is 8.29. The molecule has 98 valence electrons. The lowest BCUT2D eigenvalue weighted by Crippen LogP contribution is -2.45. The highest BCUT2D eigenvalue weighted by molar-refractivity contribution is 14.1. The minimum Gasteiger partial charge on any atom is -0.370 e. The molecule has 19 heavy (non-hydrogen) atoms. The van der Waals surface area contributed by atoms with E-state index in [1.807, 2.05) is 0 Å². The van der Waals surface area contributed by atoms with Crippen LogP contribution in [0.4, 0.5) is 0 Å². The van der Waals surface area contributed by atoms with Gasteiger partial charge in [0.15, 0.2) is 11.6 Å². The van der Waals surface area contributed by atoms with Crippen molar-refractivity contribution >= 4 is 52.1 Å². The SMILES string of the molecule is NC1=NC23N=CC(I)=C(Cl)C=C2CC(=O)CC3=CN1. The Morgan fingerprint density at radius 1 is 1.42 bits per heavy atom. The quantitative estimate of drug-likeness (QED) is 0.621. The second-order valence-electron chi connectivity index (χ2n) is 4.50. The maximum absolute atomic E-state index is 11.8. The molecule has 2 heterocycles. The van der Waals surface area contributed by atoms with Gasteiger partial charge in [0.1, 0.15) is 5.78 Å². The number of nitrogens with one attached hydrogen (secondary N) is 1. The Bertz CT molecular complexity index is 632. The predicted molar refractivity (Wildman–Crippen MR) is 83.3 cm³/mol. The molecule has 5 nitrogen and oxygen atoms in total. The van der Waals surface area contributed by atoms with Gasteiger partial charge in [0, 0.05) is 34.4 Å². The minimum atomic E-state index is -0.893. The summed E-state index contributed by atoms with van der Waals surface area (Å²) in [5.74, 6) is 0.413. The van der Waals surface area contributed by atoms with Crippen LogP contribution >= 0.6 is 34.2 Å². The van der Waals surface area contributed by atoms with E-state index in [1.165, 1.54) is 0 Å². The first-order chi connectivity index (χ1) is 9.01. The van der Waals surface area contributed by atoms with Crippen LogP contribution in [0.25, 0.3) is 0 Å². The van der Waals surface area contributed by atoms with Crippen LogP contribution in [-0.4, -0.2) is 23.6 Å². The molecule has 1 atom stereocenters. The fourth-order valence-corrected chi connectivity index (χ4v) is 2.86. The zero-order valence-corrected chi connectivity index (χ0v) is 12.7. The van der Waals surface area contributed by atoms with Gasteiger partial charge in [-0.25, -0.2) is 4.99 Å². The van der Waals surface area contributed by atoms with Gasteiger partial charge in [-0.1, -0.05) is 11.6 Å². The van der Waals surface area contributed by atoms with E-state index in [9.17, 15) is 4.79 Å². The van der Waals surface area contributed by atoms with E-state index in [2.05, 4.69) is 37.9 Å². The summed E-state index contributed by atoms with van der Waals surface area (Å²) in [5, 5.41) is 3.40. The highest BCUT2D eigenvalue weighted by Gasteiger charge is 2.45. The number of nitrogens with two attached hydrogens (primary N) is 1. The number of nitrogens with zero attached hydrogens (tertiary/aromatic N) is 2. The van der Waals surface area contributed by atoms with Crippen LogP contribution in [-0.2, 0) is 4.79 Å². The molecule has 0 bridgehead atoms. The topological polar surface area (TPSA) is 79.8 Å². The first-order valence-corrected chi connectivity index (χ1v) is 7.11. The standard InChI is InChI=1S/C12H10ClIN4O/c13-9-3-6-1-8(19)2-7-4-16-11(15)18-12(6,7)17-5-10(9)14/h3-5H,1-2H2,(H3,15,16,18). The molecule has 0 aromatic carbocycles. The fraction of sp³-hybridized carbons (Fsp3) is 0.250. The number of carbonyl (C=O) groups excluding carboxylic acids is 1. The van der Waals surface area contributed by atoms with Crippen LogP contribution in [0.15, 0.2) is 42.0 Å². The lowest BCUT2D eigenvalue weighted by Gasteiger charge is -2.36. The summed E-state index contributed by atoms with van der Waals surface area (Å²) in [6.07, 6.45) is 5.80. The fourth-order valence-electron chi connectivity index (χ4n) is 2.38. The number of halogens is 2. The van der Waals surface area contributed by atoms with Gasteiger partial charge in [0.2, 0.25) is 0 Å². The second kappa shape index (κ2) is 4.45. The molecule has 1 saturated carbocycles. The lowest BCUT2D eigenvalue weighted by molar-refractivity contribution is -0.118. The zero-order valence-electron chi connectivity index (χ0n) is 9.78. The molecule has 0 amide bonds. The van der Waals surface area contributed by atoms with Crippen molar-refractivity contribution in [2.75, 3.05) is 0 Å². The third-order valence-corrected chi connectivity index (χ3v) is 4.73. The number of carbonyl (C=O) groups is 1. The number of hydrogen-bond donors (Lipinski definition) is 2. The Balaban J connectivity index is 2.23. The van der Waals surface area contributed by atoms with Crippen LogP contribution in [0, 0.1) is 0 Å². The molecule has 7 heteroatoms. The predicted octanol–water partition coefficient (Wildman–Crippen LogP) is 1.74. The lowest BCUT2D eigenvalue weighted by atomic mass is 9.79. The van der Waals surface area contributed by atoms with Gasteiger partial charge in [0.05, 0.1) is 5.03 Å². The first-order valence-electron chi connectivity index (χ1n) is 5.66. The van der Waals surface area contributed by atoms with Gasteiger partial charge < -0.3 is 11.1 Å². The maximum Gasteiger partial charge on any atom is 0.200 e. The van der Waals surface area contributed by atoms with E-state index >= 15 is 0 Å². The Morgan fingerprint density at radius 3 is 2.95 bits per heavy atom. The summed E-state index contributed by atoms with van der Waals surface area (Å²) in [4.78, 5) is 20.8. The number of guanidine groups is 1. The smallest absolute Gasteiger partial charge is 0.200 e. The van der Waals surface area contributed by atoms with Crippen molar-refractivity contribution in [3.8, 4) is 0 Å². The molecule has 3 rings (SSSR count). The number of ketones is 1. The van der Waals surface area contributed by atoms with E-state index in [0.29, 0.717) is 17.9 Å². The van der Waals surface area contributed by atoms with Crippen molar-refractivity contribution < 1.29 is 4.79 Å². The largest absolute Gasteiger partial charge is 0.370 e. The van der Waals surface area contributed by atoms with Crippen LogP contribution in [0.5, 0.6) is 0 Å². The Hall–Kier alpha value is -1.15. The minimum absolute atomic E-state index is 0.127. The van der Waals surface area contributed by atoms with Crippen molar-refractivity contribution in [1.82, 2.24) is 5.32 Å². The highest BCUT2D eigenvalue weighted by Crippen LogP contribution is 2.43. The number of allylic oxidation sites excluding steroid dienone is 3. The molecule has 2 aliphatic heterocycles. The molecule has 3 N–H and O–H groups in total. The Labute approximate surface area is 128 Å². The summed E-state index contributed by atoms with van der Waals surface area (Å²) in [7, 11) is 0. The Morgan fingerprint density at radius 2 is 2.16 bits per heavy atom. The van der Waals surface area contributed by atoms with Crippen molar-refractivity contribution in [3.05, 3.63) is 32.0 Å². The van der Waals surface area contributed by atoms with Gasteiger partial charge in [-0.15, -0.1) is 0 Å². The Kier molecular flexibility index (Phi) is 3.01. The van der Waals surface area contributed by atoms with Crippen LogP contribution in [0.1, 0.15) is 12.8 Å². The zero-order chi connectivity index (χ0) is 13.6. The van der Waals surface area contributed by atoms with Gasteiger partial charge in [-0.3, -0.25) is 9.79 Å². The van der Waals surface area contributed by atoms with Crippen molar-refractivity contribution in [2.24, 2.45) is 15.7 Å². The molecule has 1 unspecified atom stereocenters. The van der Waals surface area contributed by atoms with Gasteiger partial charge in [-0.05, 0) is 34.2 Å². The highest BCUT2D eigenvalue weighted by atomic mass is 127. The van der Waals surface area contributed by atoms with E-state index in [1.54, 1.807) is 18.5 Å². The molecule has 3 aliphatic rings. The normalized spacial score (nSPS) is 29.6. The van der Waals surface area contributed by atoms with Crippen LogP contribution in [0.2, 0.25) is 0 Å². The second-order valence-corrected chi connectivity index (χ2v) is 6.07. The van der Waals surface area contributed by atoms with E-state index in [-0.39, 0.29) is 11.7 Å². The average Bonchev–Trinajstić information content (AvgIpc) is 2.47.